The molecule has 2 aliphatic rings. The molecule has 1 fully saturated rings. The van der Waals surface area contributed by atoms with Crippen LogP contribution in [0.4, 0.5) is 4.39 Å². The fraction of sp³-hybridized carbons (Fsp3) is 0.333. The third-order valence-electron chi connectivity index (χ3n) is 5.99. The fourth-order valence-electron chi connectivity index (χ4n) is 4.03. The Bertz CT molecular complexity index is 1230. The van der Waals surface area contributed by atoms with Crippen LogP contribution in [-0.2, 0) is 16.6 Å². The summed E-state index contributed by atoms with van der Waals surface area (Å²) in [4.78, 5) is 29.1. The molecule has 1 unspecified atom stereocenters. The molecule has 11 heteroatoms. The zero-order valence-electron chi connectivity index (χ0n) is 19.1. The molecule has 3 heterocycles. The monoisotopic (exact) mass is 497 g/mol. The number of carbonyl (C=O) groups excluding carboxylic acids is 2. The first kappa shape index (κ1) is 23.2. The van der Waals surface area contributed by atoms with Gasteiger partial charge in [0.15, 0.2) is 22.5 Å². The van der Waals surface area contributed by atoms with E-state index in [0.29, 0.717) is 48.7 Å². The number of amides is 2. The summed E-state index contributed by atoms with van der Waals surface area (Å²) in [5.41, 5.74) is 0.746. The summed E-state index contributed by atoms with van der Waals surface area (Å²) in [6.45, 7) is 1.96. The maximum absolute atomic E-state index is 13.2. The Morgan fingerprint density at radius 2 is 1.69 bits per heavy atom. The first-order valence-corrected chi connectivity index (χ1v) is 12.2. The topological polar surface area (TPSA) is 89.8 Å². The molecule has 35 heavy (non-hydrogen) atoms. The van der Waals surface area contributed by atoms with Crippen molar-refractivity contribution in [1.29, 1.82) is 0 Å². The van der Waals surface area contributed by atoms with E-state index in [1.54, 1.807) is 32.6 Å². The number of piperazine rings is 1. The normalized spacial score (nSPS) is 17.4. The third-order valence-corrected chi connectivity index (χ3v) is 7.00. The van der Waals surface area contributed by atoms with Crippen LogP contribution in [0.2, 0.25) is 0 Å². The smallest absolute Gasteiger partial charge is 0.267 e. The summed E-state index contributed by atoms with van der Waals surface area (Å²) in [6.07, 6.45) is -0.686. The molecule has 0 N–H and O–H groups in total. The molecule has 0 spiro atoms. The van der Waals surface area contributed by atoms with Crippen molar-refractivity contribution in [2.45, 2.75) is 11.3 Å². The van der Waals surface area contributed by atoms with E-state index in [-0.39, 0.29) is 30.0 Å². The minimum Gasteiger partial charge on any atom is -0.485 e. The zero-order chi connectivity index (χ0) is 24.4. The number of thioether (sulfide) groups is 1. The molecule has 0 aliphatic carbocycles. The lowest BCUT2D eigenvalue weighted by Crippen LogP contribution is -2.55. The van der Waals surface area contributed by atoms with Crippen LogP contribution >= 0.6 is 11.8 Å². The Labute approximate surface area is 205 Å². The van der Waals surface area contributed by atoms with Crippen LogP contribution in [0, 0.1) is 5.82 Å². The minimum absolute atomic E-state index is 0.0281. The number of fused-ring (bicyclic) bond motifs is 1. The number of aromatic nitrogens is 3. The van der Waals surface area contributed by atoms with E-state index in [1.165, 1.54) is 23.9 Å². The van der Waals surface area contributed by atoms with Crippen molar-refractivity contribution in [3.05, 3.63) is 54.3 Å². The Hall–Kier alpha value is -3.60. The van der Waals surface area contributed by atoms with Crippen molar-refractivity contribution in [3.63, 3.8) is 0 Å². The van der Waals surface area contributed by atoms with Crippen molar-refractivity contribution < 1.29 is 23.5 Å². The Kier molecular flexibility index (Phi) is 6.58. The predicted octanol–water partition coefficient (Wildman–Crippen LogP) is 2.22. The highest BCUT2D eigenvalue weighted by atomic mass is 32.2. The molecule has 5 rings (SSSR count). The molecular weight excluding hydrogens is 473 g/mol. The molecule has 3 aromatic rings. The van der Waals surface area contributed by atoms with E-state index >= 15 is 0 Å². The van der Waals surface area contributed by atoms with Gasteiger partial charge < -0.3 is 23.8 Å². The van der Waals surface area contributed by atoms with Crippen molar-refractivity contribution in [3.8, 4) is 22.9 Å². The van der Waals surface area contributed by atoms with Crippen LogP contribution in [0.1, 0.15) is 0 Å². The molecule has 9 nitrogen and oxygen atoms in total. The number of hydrogen-bond acceptors (Lipinski definition) is 7. The average Bonchev–Trinajstić information content (AvgIpc) is 3.27. The number of carbonyl (C=O) groups is 2. The second-order valence-corrected chi connectivity index (χ2v) is 9.17. The van der Waals surface area contributed by atoms with E-state index in [2.05, 4.69) is 10.2 Å². The second kappa shape index (κ2) is 9.95. The standard InChI is InChI=1S/C24H24FN5O4S/c1-28-22(16-6-8-17(25)9-7-16)26-27-24(28)35-15-21(31)29-10-12-30(13-11-29)23(32)20-14-33-18-4-2-3-5-19(18)34-20/h2-9,20H,10-15H2,1H3. The predicted molar refractivity (Wildman–Crippen MR) is 127 cm³/mol. The lowest BCUT2D eigenvalue weighted by molar-refractivity contribution is -0.145. The number of para-hydroxylation sites is 2. The van der Waals surface area contributed by atoms with E-state index in [1.807, 2.05) is 25.2 Å². The summed E-state index contributed by atoms with van der Waals surface area (Å²) in [5.74, 6) is 1.53. The van der Waals surface area contributed by atoms with Gasteiger partial charge in [0.2, 0.25) is 12.0 Å². The average molecular weight is 498 g/mol. The lowest BCUT2D eigenvalue weighted by atomic mass is 10.2. The van der Waals surface area contributed by atoms with Gasteiger partial charge in [-0.2, -0.15) is 0 Å². The highest BCUT2D eigenvalue weighted by Gasteiger charge is 2.33. The van der Waals surface area contributed by atoms with Gasteiger partial charge in [0, 0.05) is 38.8 Å². The molecule has 2 amide bonds. The molecule has 2 aromatic carbocycles. The molecular formula is C24H24FN5O4S. The first-order valence-electron chi connectivity index (χ1n) is 11.2. The van der Waals surface area contributed by atoms with Crippen LogP contribution in [0.25, 0.3) is 11.4 Å². The van der Waals surface area contributed by atoms with Crippen molar-refractivity contribution in [2.75, 3.05) is 38.5 Å². The van der Waals surface area contributed by atoms with Gasteiger partial charge in [0.25, 0.3) is 5.91 Å². The van der Waals surface area contributed by atoms with Gasteiger partial charge in [-0.3, -0.25) is 9.59 Å². The van der Waals surface area contributed by atoms with Gasteiger partial charge in [0.1, 0.15) is 12.4 Å². The number of rotatable bonds is 5. The zero-order valence-corrected chi connectivity index (χ0v) is 19.9. The number of nitrogens with zero attached hydrogens (tertiary/aromatic N) is 5. The van der Waals surface area contributed by atoms with E-state index in [9.17, 15) is 14.0 Å². The van der Waals surface area contributed by atoms with E-state index < -0.39 is 6.10 Å². The largest absolute Gasteiger partial charge is 0.485 e. The van der Waals surface area contributed by atoms with Crippen LogP contribution < -0.4 is 9.47 Å². The van der Waals surface area contributed by atoms with Crippen LogP contribution in [0.3, 0.4) is 0 Å². The first-order chi connectivity index (χ1) is 17.0. The minimum atomic E-state index is -0.686. The maximum atomic E-state index is 13.2. The third kappa shape index (κ3) is 4.95. The van der Waals surface area contributed by atoms with Crippen LogP contribution in [0.15, 0.2) is 53.7 Å². The van der Waals surface area contributed by atoms with Crippen molar-refractivity contribution >= 4 is 23.6 Å². The Morgan fingerprint density at radius 1 is 1.00 bits per heavy atom. The Balaban J connectivity index is 1.11. The maximum Gasteiger partial charge on any atom is 0.267 e. The number of benzene rings is 2. The number of halogens is 1. The SMILES string of the molecule is Cn1c(SCC(=O)N2CCN(C(=O)C3COc4ccccc4O3)CC2)nnc1-c1ccc(F)cc1. The van der Waals surface area contributed by atoms with E-state index in [0.717, 1.165) is 5.56 Å². The summed E-state index contributed by atoms with van der Waals surface area (Å²) in [7, 11) is 1.81. The van der Waals surface area contributed by atoms with Gasteiger partial charge >= 0.3 is 0 Å². The highest BCUT2D eigenvalue weighted by Crippen LogP contribution is 2.31. The van der Waals surface area contributed by atoms with E-state index in [4.69, 9.17) is 9.47 Å². The summed E-state index contributed by atoms with van der Waals surface area (Å²) in [6, 6.07) is 13.3. The van der Waals surface area contributed by atoms with Gasteiger partial charge in [-0.1, -0.05) is 23.9 Å². The summed E-state index contributed by atoms with van der Waals surface area (Å²) in [5, 5.41) is 8.94. The van der Waals surface area contributed by atoms with Gasteiger partial charge in [-0.05, 0) is 36.4 Å². The van der Waals surface area contributed by atoms with Gasteiger partial charge in [-0.25, -0.2) is 4.39 Å². The van der Waals surface area contributed by atoms with Crippen molar-refractivity contribution in [1.82, 2.24) is 24.6 Å². The van der Waals surface area contributed by atoms with Gasteiger partial charge in [-0.15, -0.1) is 10.2 Å². The highest BCUT2D eigenvalue weighted by molar-refractivity contribution is 7.99. The molecule has 0 radical (unpaired) electrons. The molecule has 1 saturated heterocycles. The van der Waals surface area contributed by atoms with Gasteiger partial charge in [0.05, 0.1) is 5.75 Å². The molecule has 0 saturated carbocycles. The molecule has 1 aromatic heterocycles. The molecule has 1 atom stereocenters. The summed E-state index contributed by atoms with van der Waals surface area (Å²) < 4.78 is 26.5. The molecule has 0 bridgehead atoms. The Morgan fingerprint density at radius 3 is 2.43 bits per heavy atom. The quantitative estimate of drug-likeness (QED) is 0.500. The molecule has 2 aliphatic heterocycles. The summed E-state index contributed by atoms with van der Waals surface area (Å²) >= 11 is 1.30. The molecule has 182 valence electrons. The number of ether oxygens (including phenoxy) is 2. The number of hydrogen-bond donors (Lipinski definition) is 0. The van der Waals surface area contributed by atoms with Crippen LogP contribution in [0.5, 0.6) is 11.5 Å². The van der Waals surface area contributed by atoms with Crippen molar-refractivity contribution in [2.24, 2.45) is 7.05 Å². The second-order valence-electron chi connectivity index (χ2n) is 8.23. The lowest BCUT2D eigenvalue weighted by Gasteiger charge is -2.37. The van der Waals surface area contributed by atoms with Crippen LogP contribution in [-0.4, -0.2) is 81.0 Å². The fourth-order valence-corrected chi connectivity index (χ4v) is 4.84.